The molecule has 1 heterocycles. The van der Waals surface area contributed by atoms with E-state index < -0.39 is 0 Å². The number of hydroxylamine groups is 2. The van der Waals surface area contributed by atoms with Crippen molar-refractivity contribution < 1.29 is 38.2 Å². The molecule has 11 heteroatoms. The summed E-state index contributed by atoms with van der Waals surface area (Å²) >= 11 is 0. The monoisotopic (exact) mass is 429 g/mol. The zero-order valence-corrected chi connectivity index (χ0v) is 17.2. The lowest BCUT2D eigenvalue weighted by Gasteiger charge is -2.22. The highest BCUT2D eigenvalue weighted by atomic mass is 16.7. The molecular formula is C19H31N3O8. The molecule has 1 rings (SSSR count). The normalized spacial score (nSPS) is 13.5. The van der Waals surface area contributed by atoms with Crippen LogP contribution in [0.25, 0.3) is 0 Å². The van der Waals surface area contributed by atoms with Crippen LogP contribution >= 0.6 is 0 Å². The van der Waals surface area contributed by atoms with Crippen LogP contribution in [0.5, 0.6) is 0 Å². The first-order valence-electron chi connectivity index (χ1n) is 9.81. The Labute approximate surface area is 176 Å². The van der Waals surface area contributed by atoms with Crippen LogP contribution in [-0.4, -0.2) is 102 Å². The molecular weight excluding hydrogens is 398 g/mol. The van der Waals surface area contributed by atoms with Gasteiger partial charge in [0, 0.05) is 19.0 Å². The minimum Gasteiger partial charge on any atom is -0.379 e. The summed E-state index contributed by atoms with van der Waals surface area (Å²) in [4.78, 5) is 42.4. The molecule has 0 radical (unpaired) electrons. The van der Waals surface area contributed by atoms with Crippen LogP contribution in [-0.2, 0) is 38.2 Å². The second-order valence-electron chi connectivity index (χ2n) is 5.99. The first-order chi connectivity index (χ1) is 14.6. The van der Waals surface area contributed by atoms with Crippen molar-refractivity contribution in [2.45, 2.75) is 12.8 Å². The number of aliphatic imine (C=N–C) groups is 1. The van der Waals surface area contributed by atoms with Crippen molar-refractivity contribution >= 4 is 24.4 Å². The second kappa shape index (κ2) is 17.7. The molecule has 1 aliphatic rings. The number of carbonyl (C=O) groups excluding carboxylic acids is 3. The van der Waals surface area contributed by atoms with E-state index in [1.54, 1.807) is 6.08 Å². The van der Waals surface area contributed by atoms with Gasteiger partial charge in [-0.2, -0.15) is 0 Å². The van der Waals surface area contributed by atoms with Crippen molar-refractivity contribution in [2.75, 3.05) is 72.6 Å². The largest absolute Gasteiger partial charge is 0.379 e. The van der Waals surface area contributed by atoms with Crippen LogP contribution in [0.4, 0.5) is 0 Å². The van der Waals surface area contributed by atoms with E-state index in [1.807, 2.05) is 0 Å². The maximum absolute atomic E-state index is 11.7. The fraction of sp³-hybridized carbons (Fsp3) is 0.684. The number of amides is 3. The molecule has 1 aliphatic heterocycles. The van der Waals surface area contributed by atoms with Gasteiger partial charge in [-0.3, -0.25) is 19.2 Å². The molecule has 0 fully saturated rings. The van der Waals surface area contributed by atoms with Gasteiger partial charge in [0.05, 0.1) is 72.4 Å². The maximum atomic E-state index is 11.7. The Morgan fingerprint density at radius 2 is 1.60 bits per heavy atom. The van der Waals surface area contributed by atoms with Crippen molar-refractivity contribution in [1.29, 1.82) is 0 Å². The van der Waals surface area contributed by atoms with Gasteiger partial charge < -0.3 is 24.3 Å². The van der Waals surface area contributed by atoms with Gasteiger partial charge in [0.15, 0.2) is 0 Å². The molecule has 3 amide bonds. The maximum Gasteiger partial charge on any atom is 0.269 e. The molecule has 0 spiro atoms. The van der Waals surface area contributed by atoms with E-state index in [4.69, 9.17) is 23.8 Å². The minimum absolute atomic E-state index is 0.165. The quantitative estimate of drug-likeness (QED) is 0.229. The Kier molecular flexibility index (Phi) is 15.2. The molecule has 0 aliphatic carbocycles. The third-order valence-corrected chi connectivity index (χ3v) is 3.70. The third-order valence-electron chi connectivity index (χ3n) is 3.70. The lowest BCUT2D eigenvalue weighted by molar-refractivity contribution is -0.180. The summed E-state index contributed by atoms with van der Waals surface area (Å²) in [5.74, 6) is -0.718. The Morgan fingerprint density at radius 3 is 2.20 bits per heavy atom. The van der Waals surface area contributed by atoms with Gasteiger partial charge in [-0.25, -0.2) is 10.1 Å². The molecule has 0 unspecified atom stereocenters. The predicted molar refractivity (Wildman–Crippen MR) is 107 cm³/mol. The average Bonchev–Trinajstić information content (AvgIpc) is 2.75. The van der Waals surface area contributed by atoms with E-state index in [0.29, 0.717) is 66.0 Å². The first-order valence-corrected chi connectivity index (χ1v) is 9.81. The van der Waals surface area contributed by atoms with E-state index in [-0.39, 0.29) is 37.1 Å². The molecule has 30 heavy (non-hydrogen) atoms. The van der Waals surface area contributed by atoms with Gasteiger partial charge in [-0.15, -0.1) is 0 Å². The van der Waals surface area contributed by atoms with Crippen LogP contribution in [0.15, 0.2) is 17.1 Å². The van der Waals surface area contributed by atoms with E-state index >= 15 is 0 Å². The van der Waals surface area contributed by atoms with Gasteiger partial charge >= 0.3 is 0 Å². The summed E-state index contributed by atoms with van der Waals surface area (Å²) in [5.41, 5.74) is 0. The van der Waals surface area contributed by atoms with Crippen molar-refractivity contribution in [1.82, 2.24) is 10.4 Å². The predicted octanol–water partition coefficient (Wildman–Crippen LogP) is -0.494. The smallest absolute Gasteiger partial charge is 0.269 e. The summed E-state index contributed by atoms with van der Waals surface area (Å²) in [6.45, 7) is 7.27. The van der Waals surface area contributed by atoms with Crippen LogP contribution in [0.3, 0.4) is 0 Å². The zero-order chi connectivity index (χ0) is 21.9. The van der Waals surface area contributed by atoms with Crippen LogP contribution < -0.4 is 5.32 Å². The van der Waals surface area contributed by atoms with Gasteiger partial charge in [-0.1, -0.05) is 6.08 Å². The Hall–Kier alpha value is -2.18. The SMILES string of the molecule is C=NC(=O)CCOCCOCCOCCOCCNC(=O)CCN1OCC=CC1=O. The molecule has 0 atom stereocenters. The Morgan fingerprint density at radius 1 is 1.00 bits per heavy atom. The summed E-state index contributed by atoms with van der Waals surface area (Å²) in [7, 11) is 0. The highest BCUT2D eigenvalue weighted by Gasteiger charge is 2.15. The van der Waals surface area contributed by atoms with Crippen molar-refractivity contribution in [2.24, 2.45) is 4.99 Å². The number of hydrogen-bond acceptors (Lipinski definition) is 8. The van der Waals surface area contributed by atoms with Gasteiger partial charge in [0.2, 0.25) is 11.8 Å². The van der Waals surface area contributed by atoms with Gasteiger partial charge in [0.25, 0.3) is 5.91 Å². The lowest BCUT2D eigenvalue weighted by Crippen LogP contribution is -2.36. The number of nitrogens with zero attached hydrogens (tertiary/aromatic N) is 2. The van der Waals surface area contributed by atoms with E-state index in [1.165, 1.54) is 11.1 Å². The molecule has 170 valence electrons. The molecule has 0 aromatic carbocycles. The van der Waals surface area contributed by atoms with Gasteiger partial charge in [0.1, 0.15) is 0 Å². The summed E-state index contributed by atoms with van der Waals surface area (Å²) in [6.07, 6.45) is 3.44. The van der Waals surface area contributed by atoms with Gasteiger partial charge in [-0.05, 0) is 6.72 Å². The topological polar surface area (TPSA) is 125 Å². The Bertz CT molecular complexity index is 556. The third kappa shape index (κ3) is 13.9. The second-order valence-corrected chi connectivity index (χ2v) is 5.99. The number of rotatable bonds is 18. The average molecular weight is 429 g/mol. The van der Waals surface area contributed by atoms with Crippen molar-refractivity contribution in [3.05, 3.63) is 12.2 Å². The number of hydrogen-bond donors (Lipinski definition) is 1. The molecule has 0 saturated heterocycles. The standard InChI is InChI=1S/C19H31N3O8/c1-20-17(23)5-9-26-11-13-28-15-16-29-14-12-27-10-6-21-18(24)4-7-22-19(25)3-2-8-30-22/h2-3H,1,4-16H2,(H,21,24). The fourth-order valence-corrected chi connectivity index (χ4v) is 2.16. The molecule has 0 aromatic rings. The number of carbonyl (C=O) groups is 3. The first kappa shape index (κ1) is 25.9. The van der Waals surface area contributed by atoms with Crippen LogP contribution in [0.2, 0.25) is 0 Å². The zero-order valence-electron chi connectivity index (χ0n) is 17.2. The number of nitrogens with one attached hydrogen (secondary N) is 1. The van der Waals surface area contributed by atoms with Crippen LogP contribution in [0, 0.1) is 0 Å². The minimum atomic E-state index is -0.285. The lowest BCUT2D eigenvalue weighted by atomic mass is 10.3. The van der Waals surface area contributed by atoms with Crippen LogP contribution in [0.1, 0.15) is 12.8 Å². The van der Waals surface area contributed by atoms with E-state index in [0.717, 1.165) is 0 Å². The fourth-order valence-electron chi connectivity index (χ4n) is 2.16. The molecule has 0 bridgehead atoms. The van der Waals surface area contributed by atoms with Crippen molar-refractivity contribution in [3.63, 3.8) is 0 Å². The highest BCUT2D eigenvalue weighted by molar-refractivity contribution is 5.87. The summed E-state index contributed by atoms with van der Waals surface area (Å²) < 4.78 is 21.2. The summed E-state index contributed by atoms with van der Waals surface area (Å²) in [6, 6.07) is 0. The molecule has 11 nitrogen and oxygen atoms in total. The van der Waals surface area contributed by atoms with Crippen molar-refractivity contribution in [3.8, 4) is 0 Å². The molecule has 0 saturated carbocycles. The van der Waals surface area contributed by atoms with E-state index in [2.05, 4.69) is 17.0 Å². The van der Waals surface area contributed by atoms with E-state index in [9.17, 15) is 14.4 Å². The summed E-state index contributed by atoms with van der Waals surface area (Å²) in [5, 5.41) is 3.89. The molecule has 1 N–H and O–H groups in total. The Balaban J connectivity index is 1.78. The number of ether oxygens (including phenoxy) is 4. The molecule has 0 aromatic heterocycles. The highest BCUT2D eigenvalue weighted by Crippen LogP contribution is 2.01.